The normalized spacial score (nSPS) is 16.6. The first-order chi connectivity index (χ1) is 13.7. The molecule has 1 fully saturated rings. The molecule has 0 radical (unpaired) electrons. The molecule has 3 aromatic rings. The molecular formula is C21H24N2O4S. The smallest absolute Gasteiger partial charge is 0.253 e. The number of aliphatic hydroxyl groups is 1. The first-order valence-electron chi connectivity index (χ1n) is 9.55. The summed E-state index contributed by atoms with van der Waals surface area (Å²) in [5.74, 6) is 0.813. The lowest BCUT2D eigenvalue weighted by molar-refractivity contribution is 0.0474. The Morgan fingerprint density at radius 1 is 1.39 bits per heavy atom. The molecule has 1 aliphatic heterocycles. The van der Waals surface area contributed by atoms with E-state index in [0.29, 0.717) is 43.2 Å². The minimum absolute atomic E-state index is 0.000745. The monoisotopic (exact) mass is 400 g/mol. The summed E-state index contributed by atoms with van der Waals surface area (Å²) >= 11 is 1.58. The number of carbonyl (C=O) groups is 1. The second kappa shape index (κ2) is 8.43. The number of fused-ring (bicyclic) bond motifs is 1. The zero-order valence-electron chi connectivity index (χ0n) is 15.8. The summed E-state index contributed by atoms with van der Waals surface area (Å²) in [4.78, 5) is 20.2. The van der Waals surface area contributed by atoms with E-state index in [1.165, 1.54) is 0 Å². The molecule has 0 saturated carbocycles. The van der Waals surface area contributed by atoms with E-state index >= 15 is 0 Å². The summed E-state index contributed by atoms with van der Waals surface area (Å²) in [5.41, 5.74) is 1.99. The average molecular weight is 401 g/mol. The van der Waals surface area contributed by atoms with Gasteiger partial charge in [0.05, 0.1) is 12.7 Å². The zero-order chi connectivity index (χ0) is 19.5. The van der Waals surface area contributed by atoms with E-state index in [1.807, 2.05) is 28.5 Å². The summed E-state index contributed by atoms with van der Waals surface area (Å²) in [6, 6.07) is 9.34. The largest absolute Gasteiger partial charge is 0.441 e. The molecule has 1 N–H and O–H groups in total. The third-order valence-corrected chi connectivity index (χ3v) is 6.25. The number of aromatic nitrogens is 1. The maximum Gasteiger partial charge on any atom is 0.253 e. The minimum atomic E-state index is -0.437. The molecular weight excluding hydrogens is 376 g/mol. The fourth-order valence-corrected chi connectivity index (χ4v) is 4.50. The van der Waals surface area contributed by atoms with Gasteiger partial charge in [-0.15, -0.1) is 11.3 Å². The van der Waals surface area contributed by atoms with Gasteiger partial charge in [-0.1, -0.05) is 6.07 Å². The molecule has 7 heteroatoms. The van der Waals surface area contributed by atoms with E-state index in [2.05, 4.69) is 4.98 Å². The van der Waals surface area contributed by atoms with Crippen LogP contribution < -0.4 is 0 Å². The lowest BCUT2D eigenvalue weighted by Gasteiger charge is -2.34. The quantitative estimate of drug-likeness (QED) is 0.683. The number of rotatable bonds is 6. The summed E-state index contributed by atoms with van der Waals surface area (Å²) in [6.07, 6.45) is 1.77. The van der Waals surface area contributed by atoms with Crippen molar-refractivity contribution in [3.8, 4) is 0 Å². The van der Waals surface area contributed by atoms with Gasteiger partial charge in [0.15, 0.2) is 11.5 Å². The number of ether oxygens (including phenoxy) is 1. The van der Waals surface area contributed by atoms with Crippen LogP contribution >= 0.6 is 11.3 Å². The lowest BCUT2D eigenvalue weighted by Crippen LogP contribution is -2.39. The van der Waals surface area contributed by atoms with Crippen LogP contribution in [-0.4, -0.2) is 47.7 Å². The van der Waals surface area contributed by atoms with Gasteiger partial charge in [-0.05, 0) is 48.4 Å². The number of piperidine rings is 1. The molecule has 2 aromatic heterocycles. The van der Waals surface area contributed by atoms with Crippen LogP contribution in [0.3, 0.4) is 0 Å². The van der Waals surface area contributed by atoms with Crippen molar-refractivity contribution in [3.63, 3.8) is 0 Å². The molecule has 0 spiro atoms. The fraction of sp³-hybridized carbons (Fsp3) is 0.429. The molecule has 1 unspecified atom stereocenters. The van der Waals surface area contributed by atoms with Crippen molar-refractivity contribution in [2.24, 2.45) is 5.92 Å². The van der Waals surface area contributed by atoms with Crippen LogP contribution in [0.1, 0.15) is 40.1 Å². The number of hydrogen-bond acceptors (Lipinski definition) is 6. The van der Waals surface area contributed by atoms with E-state index < -0.39 is 6.10 Å². The Hall–Kier alpha value is -2.22. The van der Waals surface area contributed by atoms with Crippen LogP contribution in [0.25, 0.3) is 11.1 Å². The Morgan fingerprint density at radius 3 is 2.93 bits per heavy atom. The van der Waals surface area contributed by atoms with Crippen molar-refractivity contribution in [2.45, 2.75) is 25.4 Å². The number of methoxy groups -OCH3 is 1. The highest BCUT2D eigenvalue weighted by Gasteiger charge is 2.29. The summed E-state index contributed by atoms with van der Waals surface area (Å²) in [6.45, 7) is 1.85. The van der Waals surface area contributed by atoms with Gasteiger partial charge in [0.1, 0.15) is 5.52 Å². The number of aliphatic hydroxyl groups excluding tert-OH is 1. The molecule has 1 amide bonds. The maximum absolute atomic E-state index is 12.9. The second-order valence-electron chi connectivity index (χ2n) is 7.12. The standard InChI is InChI=1S/C21H24N2O4S/c1-26-11-8-19-22-16-5-4-15(13-17(16)27-19)21(25)23-9-6-14(7-10-23)20(24)18-3-2-12-28-18/h2-5,12-14,20,24H,6-11H2,1H3. The van der Waals surface area contributed by atoms with Gasteiger partial charge in [0.2, 0.25) is 0 Å². The number of hydrogen-bond donors (Lipinski definition) is 1. The highest BCUT2D eigenvalue weighted by Crippen LogP contribution is 2.33. The van der Waals surface area contributed by atoms with Crippen LogP contribution in [0.5, 0.6) is 0 Å². The van der Waals surface area contributed by atoms with Crippen molar-refractivity contribution in [2.75, 3.05) is 26.8 Å². The summed E-state index contributed by atoms with van der Waals surface area (Å²) < 4.78 is 10.8. The molecule has 3 heterocycles. The Kier molecular flexibility index (Phi) is 5.75. The van der Waals surface area contributed by atoms with Crippen LogP contribution in [-0.2, 0) is 11.2 Å². The Morgan fingerprint density at radius 2 is 2.21 bits per heavy atom. The number of oxazole rings is 1. The van der Waals surface area contributed by atoms with Crippen LogP contribution in [0.15, 0.2) is 40.1 Å². The van der Waals surface area contributed by atoms with Crippen LogP contribution in [0, 0.1) is 5.92 Å². The predicted octanol–water partition coefficient (Wildman–Crippen LogP) is 3.66. The molecule has 1 aliphatic rings. The first-order valence-corrected chi connectivity index (χ1v) is 10.4. The van der Waals surface area contributed by atoms with Gasteiger partial charge < -0.3 is 19.2 Å². The average Bonchev–Trinajstić information content (AvgIpc) is 3.40. The van der Waals surface area contributed by atoms with Crippen molar-refractivity contribution in [1.82, 2.24) is 9.88 Å². The second-order valence-corrected chi connectivity index (χ2v) is 8.10. The van der Waals surface area contributed by atoms with E-state index in [9.17, 15) is 9.90 Å². The van der Waals surface area contributed by atoms with Gasteiger partial charge in [-0.2, -0.15) is 0 Å². The molecule has 148 valence electrons. The number of thiophene rings is 1. The van der Waals surface area contributed by atoms with Gasteiger partial charge in [-0.25, -0.2) is 4.98 Å². The molecule has 1 saturated heterocycles. The zero-order valence-corrected chi connectivity index (χ0v) is 16.7. The molecule has 6 nitrogen and oxygen atoms in total. The highest BCUT2D eigenvalue weighted by atomic mass is 32.1. The number of carbonyl (C=O) groups excluding carboxylic acids is 1. The van der Waals surface area contributed by atoms with Gasteiger partial charge >= 0.3 is 0 Å². The lowest BCUT2D eigenvalue weighted by atomic mass is 9.90. The number of nitrogens with zero attached hydrogens (tertiary/aromatic N) is 2. The van der Waals surface area contributed by atoms with E-state index in [0.717, 1.165) is 23.2 Å². The Bertz CT molecular complexity index is 929. The molecule has 28 heavy (non-hydrogen) atoms. The van der Waals surface area contributed by atoms with Gasteiger partial charge in [0, 0.05) is 37.1 Å². The SMILES string of the molecule is COCCc1nc2ccc(C(=O)N3CCC(C(O)c4cccs4)CC3)cc2o1. The molecule has 1 atom stereocenters. The molecule has 0 bridgehead atoms. The van der Waals surface area contributed by atoms with Gasteiger partial charge in [-0.3, -0.25) is 4.79 Å². The number of amides is 1. The molecule has 0 aliphatic carbocycles. The fourth-order valence-electron chi connectivity index (χ4n) is 3.69. The summed E-state index contributed by atoms with van der Waals surface area (Å²) in [7, 11) is 1.64. The van der Waals surface area contributed by atoms with E-state index in [-0.39, 0.29) is 11.8 Å². The van der Waals surface area contributed by atoms with Crippen molar-refractivity contribution in [1.29, 1.82) is 0 Å². The van der Waals surface area contributed by atoms with E-state index in [4.69, 9.17) is 9.15 Å². The molecule has 4 rings (SSSR count). The number of benzene rings is 1. The Balaban J connectivity index is 1.40. The summed E-state index contributed by atoms with van der Waals surface area (Å²) in [5, 5.41) is 12.5. The van der Waals surface area contributed by atoms with Crippen molar-refractivity contribution >= 4 is 28.3 Å². The molecule has 1 aromatic carbocycles. The van der Waals surface area contributed by atoms with Crippen molar-refractivity contribution in [3.05, 3.63) is 52.0 Å². The van der Waals surface area contributed by atoms with Crippen LogP contribution in [0.2, 0.25) is 0 Å². The third kappa shape index (κ3) is 3.97. The Labute approximate surface area is 167 Å². The topological polar surface area (TPSA) is 75.8 Å². The number of likely N-dealkylation sites (tertiary alicyclic amines) is 1. The first kappa shape index (κ1) is 19.1. The van der Waals surface area contributed by atoms with E-state index in [1.54, 1.807) is 30.6 Å². The van der Waals surface area contributed by atoms with Crippen molar-refractivity contribution < 1.29 is 19.1 Å². The third-order valence-electron chi connectivity index (χ3n) is 5.31. The predicted molar refractivity (Wildman–Crippen MR) is 107 cm³/mol. The van der Waals surface area contributed by atoms with Crippen LogP contribution in [0.4, 0.5) is 0 Å². The van der Waals surface area contributed by atoms with Gasteiger partial charge in [0.25, 0.3) is 5.91 Å². The minimum Gasteiger partial charge on any atom is -0.441 e. The highest BCUT2D eigenvalue weighted by molar-refractivity contribution is 7.10. The maximum atomic E-state index is 12.9.